The molecular formula is C14H20N4O3S. The Morgan fingerprint density at radius 1 is 1.50 bits per heavy atom. The normalized spacial score (nSPS) is 10.8. The Morgan fingerprint density at radius 2 is 2.36 bits per heavy atom. The summed E-state index contributed by atoms with van der Waals surface area (Å²) in [7, 11) is 1.64. The van der Waals surface area contributed by atoms with Gasteiger partial charge in [-0.05, 0) is 18.6 Å². The van der Waals surface area contributed by atoms with Crippen LogP contribution in [0.1, 0.15) is 13.3 Å². The largest absolute Gasteiger partial charge is 0.461 e. The summed E-state index contributed by atoms with van der Waals surface area (Å²) in [6.07, 6.45) is 2.51. The lowest BCUT2D eigenvalue weighted by Gasteiger charge is -2.08. The average Bonchev–Trinajstić information content (AvgIpc) is 3.17. The van der Waals surface area contributed by atoms with Crippen molar-refractivity contribution in [2.24, 2.45) is 0 Å². The molecule has 1 N–H and O–H groups in total. The molecule has 0 radical (unpaired) electrons. The Balaban J connectivity index is 2.08. The first-order valence-corrected chi connectivity index (χ1v) is 8.10. The van der Waals surface area contributed by atoms with Crippen LogP contribution in [0.5, 0.6) is 0 Å². The Morgan fingerprint density at radius 3 is 3.05 bits per heavy atom. The van der Waals surface area contributed by atoms with Crippen LogP contribution in [0.3, 0.4) is 0 Å². The Bertz CT molecular complexity index is 583. The summed E-state index contributed by atoms with van der Waals surface area (Å²) in [5.74, 6) is 1.58. The lowest BCUT2D eigenvalue weighted by Crippen LogP contribution is -2.25. The average molecular weight is 324 g/mol. The molecule has 0 unspecified atom stereocenters. The molecule has 0 fully saturated rings. The van der Waals surface area contributed by atoms with E-state index in [1.54, 1.807) is 19.4 Å². The first-order chi connectivity index (χ1) is 10.8. The second-order valence-electron chi connectivity index (χ2n) is 4.57. The number of furan rings is 1. The van der Waals surface area contributed by atoms with E-state index in [1.807, 2.05) is 17.6 Å². The Hall–Kier alpha value is -1.80. The van der Waals surface area contributed by atoms with E-state index in [9.17, 15) is 4.79 Å². The number of carbonyl (C=O) groups excluding carboxylic acids is 1. The predicted octanol–water partition coefficient (Wildman–Crippen LogP) is 1.80. The molecule has 0 aliphatic rings. The topological polar surface area (TPSA) is 82.2 Å². The van der Waals surface area contributed by atoms with Crippen LogP contribution in [0.25, 0.3) is 11.6 Å². The first-order valence-electron chi connectivity index (χ1n) is 7.11. The third-order valence-corrected chi connectivity index (χ3v) is 3.85. The van der Waals surface area contributed by atoms with Crippen LogP contribution in [-0.4, -0.2) is 46.7 Å². The number of nitrogens with zero attached hydrogens (tertiary/aromatic N) is 3. The molecule has 22 heavy (non-hydrogen) atoms. The summed E-state index contributed by atoms with van der Waals surface area (Å²) in [5, 5.41) is 11.8. The highest BCUT2D eigenvalue weighted by molar-refractivity contribution is 7.99. The molecule has 0 aliphatic carbocycles. The highest BCUT2D eigenvalue weighted by atomic mass is 32.2. The van der Waals surface area contributed by atoms with Gasteiger partial charge in [0.25, 0.3) is 0 Å². The number of nitrogens with one attached hydrogen (secondary N) is 1. The molecule has 0 atom stereocenters. The van der Waals surface area contributed by atoms with Crippen LogP contribution in [0, 0.1) is 0 Å². The van der Waals surface area contributed by atoms with E-state index in [0.29, 0.717) is 42.2 Å². The second-order valence-corrected chi connectivity index (χ2v) is 5.51. The molecule has 8 heteroatoms. The molecule has 0 spiro atoms. The van der Waals surface area contributed by atoms with Gasteiger partial charge in [0.15, 0.2) is 10.9 Å². The van der Waals surface area contributed by atoms with Crippen molar-refractivity contribution in [1.82, 2.24) is 20.1 Å². The van der Waals surface area contributed by atoms with E-state index in [4.69, 9.17) is 9.15 Å². The molecule has 0 bridgehead atoms. The number of hydrogen-bond acceptors (Lipinski definition) is 6. The van der Waals surface area contributed by atoms with Crippen LogP contribution in [0.15, 0.2) is 28.0 Å². The third-order valence-electron chi connectivity index (χ3n) is 2.88. The predicted molar refractivity (Wildman–Crippen MR) is 83.6 cm³/mol. The SMILES string of the molecule is CCCNC(=O)CSc1nnc(-c2ccco2)n1CCOC. The van der Waals surface area contributed by atoms with E-state index in [0.717, 1.165) is 6.42 Å². The fourth-order valence-electron chi connectivity index (χ4n) is 1.81. The Kier molecular flexibility index (Phi) is 6.47. The van der Waals surface area contributed by atoms with Gasteiger partial charge >= 0.3 is 0 Å². The van der Waals surface area contributed by atoms with Crippen molar-refractivity contribution in [2.75, 3.05) is 26.0 Å². The highest BCUT2D eigenvalue weighted by Gasteiger charge is 2.17. The lowest BCUT2D eigenvalue weighted by molar-refractivity contribution is -0.118. The van der Waals surface area contributed by atoms with E-state index in [1.165, 1.54) is 11.8 Å². The quantitative estimate of drug-likeness (QED) is 0.708. The number of ether oxygens (including phenoxy) is 1. The molecule has 0 saturated heterocycles. The summed E-state index contributed by atoms with van der Waals surface area (Å²) >= 11 is 1.35. The van der Waals surface area contributed by atoms with Crippen molar-refractivity contribution >= 4 is 17.7 Å². The Labute approximate surface area is 133 Å². The molecule has 7 nitrogen and oxygen atoms in total. The van der Waals surface area contributed by atoms with Gasteiger partial charge in [0.2, 0.25) is 11.7 Å². The molecule has 2 aromatic heterocycles. The van der Waals surface area contributed by atoms with E-state index in [-0.39, 0.29) is 5.91 Å². The summed E-state index contributed by atoms with van der Waals surface area (Å²) < 4.78 is 12.4. The fraction of sp³-hybridized carbons (Fsp3) is 0.500. The van der Waals surface area contributed by atoms with Crippen LogP contribution in [0.2, 0.25) is 0 Å². The maximum atomic E-state index is 11.7. The van der Waals surface area contributed by atoms with E-state index in [2.05, 4.69) is 15.5 Å². The van der Waals surface area contributed by atoms with Gasteiger partial charge in [-0.2, -0.15) is 0 Å². The van der Waals surface area contributed by atoms with Crippen LogP contribution in [-0.2, 0) is 16.1 Å². The molecule has 0 saturated carbocycles. The van der Waals surface area contributed by atoms with Gasteiger partial charge in [-0.15, -0.1) is 10.2 Å². The standard InChI is InChI=1S/C14H20N4O3S/c1-3-6-15-12(19)10-22-14-17-16-13(11-5-4-8-21-11)18(14)7-9-20-2/h4-5,8H,3,6-7,9-10H2,1-2H3,(H,15,19). The fourth-order valence-corrected chi connectivity index (χ4v) is 2.61. The highest BCUT2D eigenvalue weighted by Crippen LogP contribution is 2.24. The number of rotatable bonds is 9. The molecule has 2 rings (SSSR count). The molecule has 0 aromatic carbocycles. The van der Waals surface area contributed by atoms with Crippen LogP contribution >= 0.6 is 11.8 Å². The number of thioether (sulfide) groups is 1. The molecule has 1 amide bonds. The molecule has 2 heterocycles. The van der Waals surface area contributed by atoms with E-state index >= 15 is 0 Å². The maximum absolute atomic E-state index is 11.7. The zero-order chi connectivity index (χ0) is 15.8. The van der Waals surface area contributed by atoms with Crippen LogP contribution in [0.4, 0.5) is 0 Å². The van der Waals surface area contributed by atoms with Gasteiger partial charge < -0.3 is 14.5 Å². The maximum Gasteiger partial charge on any atom is 0.230 e. The molecule has 0 aliphatic heterocycles. The van der Waals surface area contributed by atoms with Crippen molar-refractivity contribution in [3.63, 3.8) is 0 Å². The zero-order valence-corrected chi connectivity index (χ0v) is 13.6. The minimum atomic E-state index is -0.00677. The van der Waals surface area contributed by atoms with Crippen molar-refractivity contribution in [1.29, 1.82) is 0 Å². The van der Waals surface area contributed by atoms with Gasteiger partial charge in [0, 0.05) is 13.7 Å². The van der Waals surface area contributed by atoms with Crippen molar-refractivity contribution in [3.8, 4) is 11.6 Å². The molecular weight excluding hydrogens is 304 g/mol. The second kappa shape index (κ2) is 8.60. The van der Waals surface area contributed by atoms with Crippen molar-refractivity contribution in [2.45, 2.75) is 25.0 Å². The van der Waals surface area contributed by atoms with Gasteiger partial charge in [0.05, 0.1) is 25.2 Å². The summed E-state index contributed by atoms with van der Waals surface area (Å²) in [6, 6.07) is 3.63. The lowest BCUT2D eigenvalue weighted by atomic mass is 10.4. The van der Waals surface area contributed by atoms with Gasteiger partial charge in [-0.1, -0.05) is 18.7 Å². The number of amides is 1. The summed E-state index contributed by atoms with van der Waals surface area (Å²) in [4.78, 5) is 11.7. The summed E-state index contributed by atoms with van der Waals surface area (Å²) in [5.41, 5.74) is 0. The number of methoxy groups -OCH3 is 1. The van der Waals surface area contributed by atoms with Gasteiger partial charge in [0.1, 0.15) is 0 Å². The van der Waals surface area contributed by atoms with Crippen molar-refractivity contribution in [3.05, 3.63) is 18.4 Å². The van der Waals surface area contributed by atoms with Crippen molar-refractivity contribution < 1.29 is 13.9 Å². The number of aromatic nitrogens is 3. The van der Waals surface area contributed by atoms with Gasteiger partial charge in [-0.3, -0.25) is 9.36 Å². The van der Waals surface area contributed by atoms with Gasteiger partial charge in [-0.25, -0.2) is 0 Å². The number of carbonyl (C=O) groups is 1. The zero-order valence-electron chi connectivity index (χ0n) is 12.7. The first kappa shape index (κ1) is 16.6. The number of hydrogen-bond donors (Lipinski definition) is 1. The van der Waals surface area contributed by atoms with E-state index < -0.39 is 0 Å². The smallest absolute Gasteiger partial charge is 0.230 e. The monoisotopic (exact) mass is 324 g/mol. The van der Waals surface area contributed by atoms with Crippen LogP contribution < -0.4 is 5.32 Å². The molecule has 120 valence electrons. The minimum absolute atomic E-state index is 0.00677. The minimum Gasteiger partial charge on any atom is -0.461 e. The third kappa shape index (κ3) is 4.35. The molecule has 2 aromatic rings. The summed E-state index contributed by atoms with van der Waals surface area (Å²) in [6.45, 7) is 3.83.